The van der Waals surface area contributed by atoms with E-state index >= 15 is 0 Å². The lowest BCUT2D eigenvalue weighted by molar-refractivity contribution is 0.0832. The van der Waals surface area contributed by atoms with Crippen LogP contribution in [0.1, 0.15) is 18.4 Å². The van der Waals surface area contributed by atoms with E-state index in [0.717, 1.165) is 24.9 Å². The normalized spacial score (nSPS) is 15.0. The van der Waals surface area contributed by atoms with Gasteiger partial charge in [-0.1, -0.05) is 41.9 Å². The van der Waals surface area contributed by atoms with E-state index < -0.39 is 0 Å². The van der Waals surface area contributed by atoms with Crippen LogP contribution in [-0.4, -0.2) is 40.6 Å². The summed E-state index contributed by atoms with van der Waals surface area (Å²) in [6.45, 7) is 2.51. The molecule has 7 heteroatoms. The predicted molar refractivity (Wildman–Crippen MR) is 96.5 cm³/mol. The molecule has 0 bridgehead atoms. The van der Waals surface area contributed by atoms with Crippen LogP contribution in [0, 0.1) is 5.92 Å². The third-order valence-corrected chi connectivity index (χ3v) is 4.58. The molecule has 0 spiro atoms. The number of nitrogens with one attached hydrogen (secondary N) is 1. The van der Waals surface area contributed by atoms with Crippen molar-refractivity contribution >= 4 is 23.5 Å². The minimum Gasteiger partial charge on any atom is -0.445 e. The zero-order valence-electron chi connectivity index (χ0n) is 13.9. The van der Waals surface area contributed by atoms with E-state index in [1.807, 2.05) is 30.3 Å². The van der Waals surface area contributed by atoms with Crippen LogP contribution in [0.2, 0.25) is 5.02 Å². The maximum Gasteiger partial charge on any atom is 0.410 e. The molecule has 3 rings (SSSR count). The van der Waals surface area contributed by atoms with Crippen LogP contribution in [0.5, 0.6) is 0 Å². The first kappa shape index (κ1) is 17.5. The van der Waals surface area contributed by atoms with Gasteiger partial charge in [-0.15, -0.1) is 0 Å². The maximum atomic E-state index is 12.2. The van der Waals surface area contributed by atoms with Crippen LogP contribution in [-0.2, 0) is 11.3 Å². The SMILES string of the molecule is O=C(OCc1ccccc1)N1CCC(CNc2ncncc2Cl)CC1. The fraction of sp³-hybridized carbons (Fsp3) is 0.389. The van der Waals surface area contributed by atoms with Crippen LogP contribution < -0.4 is 5.32 Å². The van der Waals surface area contributed by atoms with E-state index in [4.69, 9.17) is 16.3 Å². The van der Waals surface area contributed by atoms with Gasteiger partial charge in [-0.25, -0.2) is 14.8 Å². The van der Waals surface area contributed by atoms with Crippen molar-refractivity contribution in [2.75, 3.05) is 25.0 Å². The molecule has 1 amide bonds. The number of rotatable bonds is 5. The Hall–Kier alpha value is -2.34. The number of likely N-dealkylation sites (tertiary alicyclic amines) is 1. The summed E-state index contributed by atoms with van der Waals surface area (Å²) in [6.07, 6.45) is 4.66. The van der Waals surface area contributed by atoms with Gasteiger partial charge in [0.1, 0.15) is 23.8 Å². The summed E-state index contributed by atoms with van der Waals surface area (Å²) in [5, 5.41) is 3.77. The van der Waals surface area contributed by atoms with Gasteiger partial charge in [0.15, 0.2) is 0 Å². The average molecular weight is 361 g/mol. The summed E-state index contributed by atoms with van der Waals surface area (Å²) in [5.74, 6) is 1.13. The molecular formula is C18H21ClN4O2. The van der Waals surface area contributed by atoms with Crippen LogP contribution in [0.25, 0.3) is 0 Å². The molecule has 0 saturated carbocycles. The molecule has 1 aromatic heterocycles. The molecule has 0 atom stereocenters. The number of hydrogen-bond donors (Lipinski definition) is 1. The largest absolute Gasteiger partial charge is 0.445 e. The molecule has 0 radical (unpaired) electrons. The smallest absolute Gasteiger partial charge is 0.410 e. The van der Waals surface area contributed by atoms with Crippen molar-refractivity contribution in [1.82, 2.24) is 14.9 Å². The molecular weight excluding hydrogens is 340 g/mol. The molecule has 1 aliphatic rings. The Morgan fingerprint density at radius 1 is 1.28 bits per heavy atom. The van der Waals surface area contributed by atoms with Crippen molar-refractivity contribution in [1.29, 1.82) is 0 Å². The van der Waals surface area contributed by atoms with Crippen molar-refractivity contribution in [3.05, 3.63) is 53.4 Å². The number of carbonyl (C=O) groups excluding carboxylic acids is 1. The lowest BCUT2D eigenvalue weighted by atomic mass is 9.97. The summed E-state index contributed by atoms with van der Waals surface area (Å²) >= 11 is 6.04. The molecule has 1 fully saturated rings. The number of hydrogen-bond acceptors (Lipinski definition) is 5. The topological polar surface area (TPSA) is 67.3 Å². The monoisotopic (exact) mass is 360 g/mol. The standard InChI is InChI=1S/C18H21ClN4O2/c19-16-11-20-13-22-17(16)21-10-14-6-8-23(9-7-14)18(24)25-12-15-4-2-1-3-5-15/h1-5,11,13-14H,6-10,12H2,(H,20,21,22). The third-order valence-electron chi connectivity index (χ3n) is 4.30. The second-order valence-electron chi connectivity index (χ2n) is 6.07. The third kappa shape index (κ3) is 5.06. The fourth-order valence-corrected chi connectivity index (χ4v) is 2.99. The minimum atomic E-state index is -0.242. The fourth-order valence-electron chi connectivity index (χ4n) is 2.81. The summed E-state index contributed by atoms with van der Waals surface area (Å²) in [7, 11) is 0. The molecule has 1 N–H and O–H groups in total. The number of anilines is 1. The first-order valence-corrected chi connectivity index (χ1v) is 8.75. The number of halogens is 1. The van der Waals surface area contributed by atoms with Gasteiger partial charge in [-0.3, -0.25) is 0 Å². The van der Waals surface area contributed by atoms with E-state index in [1.54, 1.807) is 11.1 Å². The van der Waals surface area contributed by atoms with E-state index in [0.29, 0.717) is 36.5 Å². The highest BCUT2D eigenvalue weighted by atomic mass is 35.5. The first-order chi connectivity index (χ1) is 12.2. The van der Waals surface area contributed by atoms with E-state index in [2.05, 4.69) is 15.3 Å². The van der Waals surface area contributed by atoms with Gasteiger partial charge in [-0.2, -0.15) is 0 Å². The molecule has 0 unspecified atom stereocenters. The highest BCUT2D eigenvalue weighted by Crippen LogP contribution is 2.21. The van der Waals surface area contributed by atoms with Crippen LogP contribution in [0.3, 0.4) is 0 Å². The van der Waals surface area contributed by atoms with Crippen LogP contribution in [0.4, 0.5) is 10.6 Å². The number of piperidine rings is 1. The van der Waals surface area contributed by atoms with Gasteiger partial charge >= 0.3 is 6.09 Å². The first-order valence-electron chi connectivity index (χ1n) is 8.37. The Morgan fingerprint density at radius 3 is 2.76 bits per heavy atom. The number of carbonyl (C=O) groups is 1. The zero-order chi connectivity index (χ0) is 17.5. The van der Waals surface area contributed by atoms with Gasteiger partial charge in [0.25, 0.3) is 0 Å². The molecule has 1 aliphatic heterocycles. The molecule has 0 aliphatic carbocycles. The Labute approximate surface area is 152 Å². The number of ether oxygens (including phenoxy) is 1. The van der Waals surface area contributed by atoms with Crippen molar-refractivity contribution in [2.45, 2.75) is 19.4 Å². The Morgan fingerprint density at radius 2 is 2.04 bits per heavy atom. The van der Waals surface area contributed by atoms with Crippen LogP contribution >= 0.6 is 11.6 Å². The molecule has 132 valence electrons. The Balaban J connectivity index is 1.39. The summed E-state index contributed by atoms with van der Waals surface area (Å²) in [4.78, 5) is 21.9. The van der Waals surface area contributed by atoms with E-state index in [1.165, 1.54) is 6.33 Å². The lowest BCUT2D eigenvalue weighted by Crippen LogP contribution is -2.40. The molecule has 2 heterocycles. The Bertz CT molecular complexity index is 690. The highest BCUT2D eigenvalue weighted by molar-refractivity contribution is 6.32. The second kappa shape index (κ2) is 8.67. The molecule has 1 aromatic carbocycles. The second-order valence-corrected chi connectivity index (χ2v) is 6.48. The number of aromatic nitrogens is 2. The predicted octanol–water partition coefficient (Wildman–Crippen LogP) is 3.59. The van der Waals surface area contributed by atoms with E-state index in [9.17, 15) is 4.79 Å². The van der Waals surface area contributed by atoms with Crippen molar-refractivity contribution in [3.63, 3.8) is 0 Å². The van der Waals surface area contributed by atoms with Gasteiger partial charge in [-0.05, 0) is 24.3 Å². The van der Waals surface area contributed by atoms with Crippen LogP contribution in [0.15, 0.2) is 42.9 Å². The molecule has 6 nitrogen and oxygen atoms in total. The summed E-state index contributed by atoms with van der Waals surface area (Å²) in [6, 6.07) is 9.71. The van der Waals surface area contributed by atoms with Crippen molar-refractivity contribution < 1.29 is 9.53 Å². The van der Waals surface area contributed by atoms with E-state index in [-0.39, 0.29) is 6.09 Å². The maximum absolute atomic E-state index is 12.2. The van der Waals surface area contributed by atoms with Gasteiger partial charge in [0.05, 0.1) is 6.20 Å². The number of nitrogens with zero attached hydrogens (tertiary/aromatic N) is 3. The summed E-state index contributed by atoms with van der Waals surface area (Å²) in [5.41, 5.74) is 0.997. The van der Waals surface area contributed by atoms with Crippen molar-refractivity contribution in [2.24, 2.45) is 5.92 Å². The zero-order valence-corrected chi connectivity index (χ0v) is 14.7. The molecule has 2 aromatic rings. The molecule has 1 saturated heterocycles. The molecule has 25 heavy (non-hydrogen) atoms. The van der Waals surface area contributed by atoms with Gasteiger partial charge < -0.3 is 15.0 Å². The number of benzene rings is 1. The summed E-state index contributed by atoms with van der Waals surface area (Å²) < 4.78 is 5.38. The average Bonchev–Trinajstić information content (AvgIpc) is 2.67. The van der Waals surface area contributed by atoms with Gasteiger partial charge in [0, 0.05) is 19.6 Å². The quantitative estimate of drug-likeness (QED) is 0.882. The van der Waals surface area contributed by atoms with Crippen molar-refractivity contribution in [3.8, 4) is 0 Å². The van der Waals surface area contributed by atoms with Gasteiger partial charge in [0.2, 0.25) is 0 Å². The minimum absolute atomic E-state index is 0.242. The highest BCUT2D eigenvalue weighted by Gasteiger charge is 2.23. The Kier molecular flexibility index (Phi) is 6.06. The number of amides is 1. The lowest BCUT2D eigenvalue weighted by Gasteiger charge is -2.31.